The van der Waals surface area contributed by atoms with Crippen LogP contribution in [-0.2, 0) is 9.78 Å². The molecule has 1 saturated heterocycles. The van der Waals surface area contributed by atoms with Gasteiger partial charge in [0.2, 0.25) is 0 Å². The van der Waals surface area contributed by atoms with Gasteiger partial charge in [0, 0.05) is 6.42 Å². The van der Waals surface area contributed by atoms with E-state index in [1.165, 1.54) is 0 Å². The molecule has 1 rings (SSSR count). The summed E-state index contributed by atoms with van der Waals surface area (Å²) in [5.41, 5.74) is 0. The minimum atomic E-state index is 0. The third-order valence-corrected chi connectivity index (χ3v) is 1.18. The summed E-state index contributed by atoms with van der Waals surface area (Å²) in [7, 11) is 0. The summed E-state index contributed by atoms with van der Waals surface area (Å²) in [6.07, 6.45) is 2.51. The van der Waals surface area contributed by atoms with E-state index in [0.717, 1.165) is 19.4 Å². The second-order valence-corrected chi connectivity index (χ2v) is 1.74. The maximum atomic E-state index is 4.80. The predicted molar refractivity (Wildman–Crippen MR) is 44.0 cm³/mol. The SMILES string of the molecule is Br.CCC1CCOO1.[H-].[H-].[Mg+2]. The van der Waals surface area contributed by atoms with Gasteiger partial charge in [0.15, 0.2) is 0 Å². The first kappa shape index (κ1) is 12.8. The molecule has 1 aliphatic rings. The number of hydrogen-bond donors (Lipinski definition) is 0. The van der Waals surface area contributed by atoms with Crippen LogP contribution in [0.3, 0.4) is 0 Å². The van der Waals surface area contributed by atoms with Crippen LogP contribution in [0.2, 0.25) is 0 Å². The molecule has 1 fully saturated rings. The molecule has 0 aliphatic carbocycles. The Labute approximate surface area is 85.1 Å². The zero-order valence-corrected chi connectivity index (χ0v) is 8.76. The van der Waals surface area contributed by atoms with Gasteiger partial charge in [-0.1, -0.05) is 6.92 Å². The van der Waals surface area contributed by atoms with Crippen molar-refractivity contribution in [2.45, 2.75) is 25.9 Å². The molecule has 0 saturated carbocycles. The van der Waals surface area contributed by atoms with Crippen molar-refractivity contribution in [1.82, 2.24) is 0 Å². The molecule has 0 aromatic rings. The minimum Gasteiger partial charge on any atom is -1.00 e. The van der Waals surface area contributed by atoms with Crippen LogP contribution < -0.4 is 0 Å². The molecule has 2 nitrogen and oxygen atoms in total. The van der Waals surface area contributed by atoms with E-state index in [4.69, 9.17) is 4.89 Å². The van der Waals surface area contributed by atoms with Gasteiger partial charge in [-0.05, 0) is 6.42 Å². The fraction of sp³-hybridized carbons (Fsp3) is 1.00. The van der Waals surface area contributed by atoms with Crippen LogP contribution in [0.15, 0.2) is 0 Å². The standard InChI is InChI=1S/C5H10O2.BrH.Mg.2H/c1-2-5-3-4-6-7-5;;;;/h5H,2-4H2,1H3;1H;;;/q;;+2;2*-1. The minimum absolute atomic E-state index is 0. The molecule has 0 N–H and O–H groups in total. The summed E-state index contributed by atoms with van der Waals surface area (Å²) < 4.78 is 0. The van der Waals surface area contributed by atoms with Crippen molar-refractivity contribution >= 4 is 40.0 Å². The van der Waals surface area contributed by atoms with Crippen LogP contribution in [0.1, 0.15) is 22.6 Å². The molecule has 0 aromatic heterocycles. The van der Waals surface area contributed by atoms with E-state index in [0.29, 0.717) is 6.10 Å². The third-order valence-electron chi connectivity index (χ3n) is 1.18. The molecule has 1 atom stereocenters. The number of rotatable bonds is 1. The second kappa shape index (κ2) is 7.28. The molecule has 54 valence electrons. The van der Waals surface area contributed by atoms with E-state index in [1.54, 1.807) is 0 Å². The quantitative estimate of drug-likeness (QED) is 0.482. The molecule has 1 aliphatic heterocycles. The molecule has 0 radical (unpaired) electrons. The van der Waals surface area contributed by atoms with Crippen molar-refractivity contribution in [3.05, 3.63) is 0 Å². The summed E-state index contributed by atoms with van der Waals surface area (Å²) in [4.78, 5) is 9.45. The molecule has 0 bridgehead atoms. The molecule has 1 heterocycles. The zero-order valence-electron chi connectivity index (χ0n) is 7.63. The van der Waals surface area contributed by atoms with Gasteiger partial charge in [0.1, 0.15) is 0 Å². The maximum Gasteiger partial charge on any atom is 2.00 e. The monoisotopic (exact) mass is 208 g/mol. The largest absolute Gasteiger partial charge is 2.00 e. The van der Waals surface area contributed by atoms with Gasteiger partial charge in [-0.3, -0.25) is 0 Å². The van der Waals surface area contributed by atoms with Crippen molar-refractivity contribution in [2.24, 2.45) is 0 Å². The van der Waals surface area contributed by atoms with Crippen LogP contribution >= 0.6 is 17.0 Å². The fourth-order valence-electron chi connectivity index (χ4n) is 0.644. The van der Waals surface area contributed by atoms with E-state index in [1.807, 2.05) is 0 Å². The Bertz CT molecular complexity index is 64.4. The van der Waals surface area contributed by atoms with Crippen molar-refractivity contribution < 1.29 is 12.6 Å². The Hall–Kier alpha value is 1.17. The van der Waals surface area contributed by atoms with E-state index in [-0.39, 0.29) is 42.9 Å². The summed E-state index contributed by atoms with van der Waals surface area (Å²) in [6, 6.07) is 0. The first-order valence-corrected chi connectivity index (χ1v) is 2.71. The van der Waals surface area contributed by atoms with E-state index >= 15 is 0 Å². The van der Waals surface area contributed by atoms with E-state index in [9.17, 15) is 0 Å². The zero-order chi connectivity index (χ0) is 5.11. The van der Waals surface area contributed by atoms with Crippen molar-refractivity contribution in [1.29, 1.82) is 0 Å². The van der Waals surface area contributed by atoms with Gasteiger partial charge in [-0.15, -0.1) is 17.0 Å². The van der Waals surface area contributed by atoms with Gasteiger partial charge in [-0.2, -0.15) is 0 Å². The average molecular weight is 209 g/mol. The van der Waals surface area contributed by atoms with Gasteiger partial charge in [-0.25, -0.2) is 9.78 Å². The Balaban J connectivity index is -0.0000000612. The molecule has 4 heteroatoms. The van der Waals surface area contributed by atoms with E-state index in [2.05, 4.69) is 11.8 Å². The van der Waals surface area contributed by atoms with Gasteiger partial charge < -0.3 is 2.85 Å². The topological polar surface area (TPSA) is 18.5 Å². The Morgan fingerprint density at radius 1 is 1.67 bits per heavy atom. The van der Waals surface area contributed by atoms with Crippen molar-refractivity contribution in [3.8, 4) is 0 Å². The molecular weight excluding hydrogens is 196 g/mol. The normalized spacial score (nSPS) is 24.3. The van der Waals surface area contributed by atoms with Crippen LogP contribution in [0, 0.1) is 0 Å². The first-order valence-electron chi connectivity index (χ1n) is 2.71. The fourth-order valence-corrected chi connectivity index (χ4v) is 0.644. The third kappa shape index (κ3) is 4.55. The number of halogens is 1. The molecular formula is C5H13BrMgO2. The predicted octanol–water partition coefficient (Wildman–Crippen LogP) is 1.54. The molecule has 0 spiro atoms. The Kier molecular flexibility index (Phi) is 10.4. The Morgan fingerprint density at radius 2 is 2.33 bits per heavy atom. The van der Waals surface area contributed by atoms with Gasteiger partial charge >= 0.3 is 23.1 Å². The summed E-state index contributed by atoms with van der Waals surface area (Å²) in [5.74, 6) is 0. The average Bonchev–Trinajstić information content (AvgIpc) is 2.14. The summed E-state index contributed by atoms with van der Waals surface area (Å²) >= 11 is 0. The Morgan fingerprint density at radius 3 is 2.56 bits per heavy atom. The summed E-state index contributed by atoms with van der Waals surface area (Å²) in [6.45, 7) is 2.87. The van der Waals surface area contributed by atoms with Crippen LogP contribution in [0.25, 0.3) is 0 Å². The smallest absolute Gasteiger partial charge is 1.00 e. The van der Waals surface area contributed by atoms with Crippen LogP contribution in [0.5, 0.6) is 0 Å². The molecule has 0 aromatic carbocycles. The van der Waals surface area contributed by atoms with Crippen LogP contribution in [0.4, 0.5) is 0 Å². The summed E-state index contributed by atoms with van der Waals surface area (Å²) in [5, 5.41) is 0. The van der Waals surface area contributed by atoms with Crippen molar-refractivity contribution in [3.63, 3.8) is 0 Å². The van der Waals surface area contributed by atoms with Gasteiger partial charge in [0.05, 0.1) is 12.7 Å². The number of hydrogen-bond acceptors (Lipinski definition) is 2. The van der Waals surface area contributed by atoms with Gasteiger partial charge in [0.25, 0.3) is 0 Å². The molecule has 1 unspecified atom stereocenters. The first-order chi connectivity index (χ1) is 3.43. The van der Waals surface area contributed by atoms with Crippen molar-refractivity contribution in [2.75, 3.05) is 6.61 Å². The molecule has 0 amide bonds. The second-order valence-electron chi connectivity index (χ2n) is 1.74. The van der Waals surface area contributed by atoms with E-state index < -0.39 is 0 Å². The molecule has 9 heavy (non-hydrogen) atoms. The maximum absolute atomic E-state index is 4.80. The van der Waals surface area contributed by atoms with Crippen LogP contribution in [-0.4, -0.2) is 35.8 Å².